The van der Waals surface area contributed by atoms with Gasteiger partial charge in [0.2, 0.25) is 0 Å². The summed E-state index contributed by atoms with van der Waals surface area (Å²) in [5.74, 6) is 1.19. The molecule has 0 aliphatic heterocycles. The molecule has 28 heavy (non-hydrogen) atoms. The van der Waals surface area contributed by atoms with Crippen molar-refractivity contribution in [2.75, 3.05) is 10.9 Å². The molecule has 0 radical (unpaired) electrons. The average molecular weight is 370 g/mol. The van der Waals surface area contributed by atoms with Gasteiger partial charge in [-0.3, -0.25) is 10.9 Å². The van der Waals surface area contributed by atoms with Crippen LogP contribution >= 0.6 is 0 Å². The third kappa shape index (κ3) is 3.61. The molecule has 4 rings (SSSR count). The van der Waals surface area contributed by atoms with E-state index < -0.39 is 0 Å². The molecular formula is C20H18N8. The van der Waals surface area contributed by atoms with Gasteiger partial charge in [-0.05, 0) is 13.8 Å². The van der Waals surface area contributed by atoms with Crippen LogP contribution in [0, 0.1) is 0 Å². The van der Waals surface area contributed by atoms with Crippen molar-refractivity contribution in [3.05, 3.63) is 60.9 Å². The minimum absolute atomic E-state index is 0.595. The molecule has 0 fully saturated rings. The van der Waals surface area contributed by atoms with Gasteiger partial charge < -0.3 is 0 Å². The molecule has 138 valence electrons. The van der Waals surface area contributed by atoms with Crippen LogP contribution in [0.4, 0.5) is 11.6 Å². The van der Waals surface area contributed by atoms with Gasteiger partial charge in [-0.15, -0.1) is 10.2 Å². The number of benzene rings is 2. The molecule has 0 saturated carbocycles. The van der Waals surface area contributed by atoms with E-state index in [0.717, 1.165) is 21.5 Å². The molecule has 0 atom stereocenters. The van der Waals surface area contributed by atoms with Gasteiger partial charge in [-0.1, -0.05) is 48.5 Å². The van der Waals surface area contributed by atoms with E-state index in [2.05, 4.69) is 41.4 Å². The fourth-order valence-corrected chi connectivity index (χ4v) is 2.66. The first kappa shape index (κ1) is 17.5. The number of nitrogens with zero attached hydrogens (tertiary/aromatic N) is 6. The van der Waals surface area contributed by atoms with Crippen molar-refractivity contribution in [2.24, 2.45) is 10.2 Å². The van der Waals surface area contributed by atoms with Crippen LogP contribution < -0.4 is 10.9 Å². The molecule has 8 heteroatoms. The molecule has 0 spiro atoms. The number of rotatable bonds is 5. The molecule has 2 N–H and O–H groups in total. The zero-order valence-corrected chi connectivity index (χ0v) is 15.5. The van der Waals surface area contributed by atoms with Crippen LogP contribution in [0.15, 0.2) is 71.1 Å². The summed E-state index contributed by atoms with van der Waals surface area (Å²) in [6.07, 6.45) is 3.44. The van der Waals surface area contributed by atoms with E-state index in [1.54, 1.807) is 12.4 Å². The van der Waals surface area contributed by atoms with E-state index in [1.807, 2.05) is 62.4 Å². The van der Waals surface area contributed by atoms with Gasteiger partial charge >= 0.3 is 0 Å². The predicted octanol–water partition coefficient (Wildman–Crippen LogP) is 3.85. The molecule has 8 nitrogen and oxygen atoms in total. The van der Waals surface area contributed by atoms with Crippen molar-refractivity contribution in [2.45, 2.75) is 13.8 Å². The number of aromatic nitrogens is 4. The lowest BCUT2D eigenvalue weighted by molar-refractivity contribution is 1.04. The third-order valence-corrected chi connectivity index (χ3v) is 4.32. The first-order valence-electron chi connectivity index (χ1n) is 8.74. The molecule has 0 amide bonds. The minimum Gasteiger partial charge on any atom is -0.259 e. The Morgan fingerprint density at radius 2 is 1.11 bits per heavy atom. The van der Waals surface area contributed by atoms with Crippen LogP contribution in [-0.4, -0.2) is 31.8 Å². The number of hydrazone groups is 2. The van der Waals surface area contributed by atoms with Gasteiger partial charge in [0.25, 0.3) is 0 Å². The fraction of sp³-hybridized carbons (Fsp3) is 0.100. The number of anilines is 2. The molecule has 0 bridgehead atoms. The minimum atomic E-state index is 0.595. The Hall–Kier alpha value is -3.94. The van der Waals surface area contributed by atoms with Gasteiger partial charge in [0, 0.05) is 21.5 Å². The highest BCUT2D eigenvalue weighted by Crippen LogP contribution is 2.20. The van der Waals surface area contributed by atoms with Crippen LogP contribution in [0.5, 0.6) is 0 Å². The van der Waals surface area contributed by atoms with Crippen molar-refractivity contribution in [3.63, 3.8) is 0 Å². The zero-order chi connectivity index (χ0) is 19.3. The van der Waals surface area contributed by atoms with Crippen molar-refractivity contribution in [1.82, 2.24) is 20.4 Å². The van der Waals surface area contributed by atoms with E-state index in [9.17, 15) is 0 Å². The first-order chi connectivity index (χ1) is 13.7. The molecule has 0 saturated heterocycles. The summed E-state index contributed by atoms with van der Waals surface area (Å²) in [5.41, 5.74) is 7.36. The molecule has 0 unspecified atom stereocenters. The Balaban J connectivity index is 1.53. The topological polar surface area (TPSA) is 100 Å². The predicted molar refractivity (Wildman–Crippen MR) is 113 cm³/mol. The summed E-state index contributed by atoms with van der Waals surface area (Å²) in [4.78, 5) is 0. The molecule has 0 aliphatic carbocycles. The normalized spacial score (nSPS) is 12.4. The highest BCUT2D eigenvalue weighted by Gasteiger charge is 2.05. The Morgan fingerprint density at radius 1 is 0.679 bits per heavy atom. The van der Waals surface area contributed by atoms with Crippen molar-refractivity contribution < 1.29 is 0 Å². The van der Waals surface area contributed by atoms with E-state index in [4.69, 9.17) is 0 Å². The largest absolute Gasteiger partial charge is 0.259 e. The van der Waals surface area contributed by atoms with Gasteiger partial charge in [0.05, 0.1) is 23.8 Å². The van der Waals surface area contributed by atoms with E-state index in [1.165, 1.54) is 0 Å². The maximum atomic E-state index is 4.38. The summed E-state index contributed by atoms with van der Waals surface area (Å²) in [7, 11) is 0. The lowest BCUT2D eigenvalue weighted by Crippen LogP contribution is -2.11. The maximum absolute atomic E-state index is 4.38. The number of hydrogen-bond donors (Lipinski definition) is 2. The second-order valence-corrected chi connectivity index (χ2v) is 6.18. The standard InChI is InChI=1S/C20H18N8/c1-13(23-27-19-17-9-5-3-7-15(17)11-21-25-19)14(2)24-28-20-18-10-6-4-8-16(18)12-22-26-20/h3-12H,1-2H3,(H,25,27)(H,26,28). The Kier molecular flexibility index (Phi) is 4.83. The third-order valence-electron chi connectivity index (χ3n) is 4.32. The number of hydrogen-bond acceptors (Lipinski definition) is 8. The molecule has 2 heterocycles. The summed E-state index contributed by atoms with van der Waals surface area (Å²) in [5, 5.41) is 28.9. The summed E-state index contributed by atoms with van der Waals surface area (Å²) in [6.45, 7) is 3.72. The summed E-state index contributed by atoms with van der Waals surface area (Å²) >= 11 is 0. The fourth-order valence-electron chi connectivity index (χ4n) is 2.66. The first-order valence-corrected chi connectivity index (χ1v) is 8.74. The van der Waals surface area contributed by atoms with Crippen LogP contribution in [0.3, 0.4) is 0 Å². The van der Waals surface area contributed by atoms with Crippen LogP contribution in [-0.2, 0) is 0 Å². The number of nitrogens with one attached hydrogen (secondary N) is 2. The maximum Gasteiger partial charge on any atom is 0.176 e. The van der Waals surface area contributed by atoms with Crippen molar-refractivity contribution >= 4 is 44.6 Å². The second kappa shape index (κ2) is 7.75. The lowest BCUT2D eigenvalue weighted by Gasteiger charge is -2.06. The smallest absolute Gasteiger partial charge is 0.176 e. The average Bonchev–Trinajstić information content (AvgIpc) is 2.75. The van der Waals surface area contributed by atoms with Crippen LogP contribution in [0.2, 0.25) is 0 Å². The van der Waals surface area contributed by atoms with Crippen LogP contribution in [0.25, 0.3) is 21.5 Å². The van der Waals surface area contributed by atoms with Gasteiger partial charge in [0.15, 0.2) is 11.6 Å². The lowest BCUT2D eigenvalue weighted by atomic mass is 10.2. The molecule has 0 aliphatic rings. The monoisotopic (exact) mass is 370 g/mol. The highest BCUT2D eigenvalue weighted by atomic mass is 15.4. The second-order valence-electron chi connectivity index (χ2n) is 6.18. The van der Waals surface area contributed by atoms with Gasteiger partial charge in [-0.2, -0.15) is 20.4 Å². The number of fused-ring (bicyclic) bond motifs is 2. The quantitative estimate of drug-likeness (QED) is 0.409. The summed E-state index contributed by atoms with van der Waals surface area (Å²) in [6, 6.07) is 15.7. The molecule has 4 aromatic rings. The Bertz CT molecular complexity index is 1090. The molecular weight excluding hydrogens is 352 g/mol. The van der Waals surface area contributed by atoms with Crippen molar-refractivity contribution in [1.29, 1.82) is 0 Å². The van der Waals surface area contributed by atoms with Crippen molar-refractivity contribution in [3.8, 4) is 0 Å². The van der Waals surface area contributed by atoms with Crippen LogP contribution in [0.1, 0.15) is 13.8 Å². The van der Waals surface area contributed by atoms with Gasteiger partial charge in [0.1, 0.15) is 0 Å². The zero-order valence-electron chi connectivity index (χ0n) is 15.5. The Morgan fingerprint density at radius 3 is 1.57 bits per heavy atom. The van der Waals surface area contributed by atoms with E-state index >= 15 is 0 Å². The highest BCUT2D eigenvalue weighted by molar-refractivity contribution is 6.40. The van der Waals surface area contributed by atoms with E-state index in [0.29, 0.717) is 23.1 Å². The Labute approximate surface area is 161 Å². The summed E-state index contributed by atoms with van der Waals surface area (Å²) < 4.78 is 0. The van der Waals surface area contributed by atoms with Gasteiger partial charge in [-0.25, -0.2) is 0 Å². The molecule has 2 aromatic carbocycles. The SMILES string of the molecule is CC(=NNc1nncc2ccccc12)C(C)=NNc1nncc2ccccc12. The molecule has 2 aromatic heterocycles. The van der Waals surface area contributed by atoms with E-state index in [-0.39, 0.29) is 0 Å².